The van der Waals surface area contributed by atoms with Crippen molar-refractivity contribution in [1.82, 2.24) is 9.78 Å². The number of halogens is 2. The molecule has 0 saturated heterocycles. The molecular formula is C21H21Cl2N3O. The van der Waals surface area contributed by atoms with E-state index in [1.165, 1.54) is 4.68 Å². The minimum Gasteiger partial charge on any atom is -0.364 e. The summed E-state index contributed by atoms with van der Waals surface area (Å²) in [6.45, 7) is 1.26. The fourth-order valence-electron chi connectivity index (χ4n) is 2.91. The molecule has 0 radical (unpaired) electrons. The Morgan fingerprint density at radius 2 is 1.70 bits per heavy atom. The summed E-state index contributed by atoms with van der Waals surface area (Å²) in [6.07, 6.45) is 2.35. The Hall–Kier alpha value is -2.30. The second kappa shape index (κ2) is 9.07. The van der Waals surface area contributed by atoms with Crippen LogP contribution in [0.5, 0.6) is 0 Å². The van der Waals surface area contributed by atoms with E-state index in [4.69, 9.17) is 23.2 Å². The zero-order valence-corrected chi connectivity index (χ0v) is 16.6. The van der Waals surface area contributed by atoms with Crippen LogP contribution in [0.2, 0.25) is 5.02 Å². The lowest BCUT2D eigenvalue weighted by atomic mass is 10.1. The van der Waals surface area contributed by atoms with Gasteiger partial charge < -0.3 is 4.90 Å². The van der Waals surface area contributed by atoms with Crippen LogP contribution < -0.4 is 10.5 Å². The Labute approximate surface area is 169 Å². The summed E-state index contributed by atoms with van der Waals surface area (Å²) >= 11 is 12.9. The predicted molar refractivity (Wildman–Crippen MR) is 112 cm³/mol. The third-order valence-corrected chi connectivity index (χ3v) is 5.26. The maximum Gasteiger partial charge on any atom is 0.287 e. The van der Waals surface area contributed by atoms with Gasteiger partial charge >= 0.3 is 0 Å². The van der Waals surface area contributed by atoms with Crippen molar-refractivity contribution in [3.63, 3.8) is 0 Å². The SMILES string of the molecule is Cn1ncc(N(CCC(Cl)c2ccccc2)Cc2ccccc2)c(Cl)c1=O. The zero-order valence-electron chi connectivity index (χ0n) is 15.1. The summed E-state index contributed by atoms with van der Waals surface area (Å²) in [5.74, 6) is 0. The van der Waals surface area contributed by atoms with Crippen molar-refractivity contribution >= 4 is 28.9 Å². The van der Waals surface area contributed by atoms with Gasteiger partial charge in [-0.15, -0.1) is 11.6 Å². The number of rotatable bonds is 7. The third-order valence-electron chi connectivity index (χ3n) is 4.43. The number of aromatic nitrogens is 2. The number of benzene rings is 2. The molecule has 3 rings (SSSR count). The zero-order chi connectivity index (χ0) is 19.2. The molecule has 0 bridgehead atoms. The smallest absolute Gasteiger partial charge is 0.287 e. The second-order valence-corrected chi connectivity index (χ2v) is 7.25. The summed E-state index contributed by atoms with van der Waals surface area (Å²) in [7, 11) is 1.59. The van der Waals surface area contributed by atoms with Gasteiger partial charge in [-0.05, 0) is 17.5 Å². The van der Waals surface area contributed by atoms with Crippen LogP contribution in [0.3, 0.4) is 0 Å². The van der Waals surface area contributed by atoms with Gasteiger partial charge in [-0.1, -0.05) is 72.3 Å². The van der Waals surface area contributed by atoms with Crippen LogP contribution in [0.15, 0.2) is 71.7 Å². The van der Waals surface area contributed by atoms with Crippen LogP contribution in [0.1, 0.15) is 22.9 Å². The fourth-order valence-corrected chi connectivity index (χ4v) is 3.44. The lowest BCUT2D eigenvalue weighted by Crippen LogP contribution is -2.29. The minimum absolute atomic E-state index is 0.122. The van der Waals surface area contributed by atoms with Crippen molar-refractivity contribution < 1.29 is 0 Å². The van der Waals surface area contributed by atoms with E-state index in [1.54, 1.807) is 13.2 Å². The monoisotopic (exact) mass is 401 g/mol. The van der Waals surface area contributed by atoms with Gasteiger partial charge in [0.25, 0.3) is 5.56 Å². The quantitative estimate of drug-likeness (QED) is 0.533. The van der Waals surface area contributed by atoms with Crippen LogP contribution in [0.25, 0.3) is 0 Å². The van der Waals surface area contributed by atoms with Crippen molar-refractivity contribution in [2.24, 2.45) is 7.05 Å². The average Bonchev–Trinajstić information content (AvgIpc) is 2.71. The van der Waals surface area contributed by atoms with Crippen molar-refractivity contribution in [3.8, 4) is 0 Å². The summed E-state index contributed by atoms with van der Waals surface area (Å²) in [4.78, 5) is 14.3. The Kier molecular flexibility index (Phi) is 6.54. The van der Waals surface area contributed by atoms with Crippen molar-refractivity contribution in [2.45, 2.75) is 18.3 Å². The van der Waals surface area contributed by atoms with Gasteiger partial charge in [0.2, 0.25) is 0 Å². The van der Waals surface area contributed by atoms with E-state index in [0.29, 0.717) is 25.2 Å². The van der Waals surface area contributed by atoms with Gasteiger partial charge in [-0.3, -0.25) is 4.79 Å². The normalized spacial score (nSPS) is 12.0. The molecular weight excluding hydrogens is 381 g/mol. The second-order valence-electron chi connectivity index (χ2n) is 6.35. The maximum absolute atomic E-state index is 12.2. The largest absolute Gasteiger partial charge is 0.364 e. The van der Waals surface area contributed by atoms with E-state index in [9.17, 15) is 4.79 Å². The summed E-state index contributed by atoms with van der Waals surface area (Å²) in [6, 6.07) is 20.0. The predicted octanol–water partition coefficient (Wildman–Crippen LogP) is 4.81. The summed E-state index contributed by atoms with van der Waals surface area (Å²) in [5, 5.41) is 4.19. The molecule has 0 aliphatic rings. The first-order chi connectivity index (χ1) is 13.1. The number of alkyl halides is 1. The van der Waals surface area contributed by atoms with E-state index in [2.05, 4.69) is 10.00 Å². The highest BCUT2D eigenvalue weighted by Crippen LogP contribution is 2.28. The maximum atomic E-state index is 12.2. The molecule has 1 unspecified atom stereocenters. The molecule has 0 N–H and O–H groups in total. The van der Waals surface area contributed by atoms with Crippen LogP contribution in [0.4, 0.5) is 5.69 Å². The standard InChI is InChI=1S/C21H21Cl2N3O/c1-25-21(27)20(23)19(14-24-25)26(15-16-8-4-2-5-9-16)13-12-18(22)17-10-6-3-7-11-17/h2-11,14,18H,12-13,15H2,1H3. The van der Waals surface area contributed by atoms with Crippen molar-refractivity contribution in [3.05, 3.63) is 93.4 Å². The van der Waals surface area contributed by atoms with Crippen LogP contribution in [0, 0.1) is 0 Å². The first-order valence-corrected chi connectivity index (χ1v) is 9.57. The van der Waals surface area contributed by atoms with Crippen LogP contribution in [-0.2, 0) is 13.6 Å². The number of nitrogens with zero attached hydrogens (tertiary/aromatic N) is 3. The molecule has 1 atom stereocenters. The molecule has 0 saturated carbocycles. The van der Waals surface area contributed by atoms with Crippen molar-refractivity contribution in [2.75, 3.05) is 11.4 Å². The number of hydrogen-bond acceptors (Lipinski definition) is 3. The molecule has 0 aliphatic carbocycles. The van der Waals surface area contributed by atoms with Crippen LogP contribution >= 0.6 is 23.2 Å². The molecule has 0 fully saturated rings. The highest BCUT2D eigenvalue weighted by atomic mass is 35.5. The Bertz CT molecular complexity index is 929. The number of anilines is 1. The summed E-state index contributed by atoms with van der Waals surface area (Å²) < 4.78 is 1.24. The first-order valence-electron chi connectivity index (χ1n) is 8.76. The van der Waals surface area contributed by atoms with Gasteiger partial charge in [-0.2, -0.15) is 5.10 Å². The van der Waals surface area contributed by atoms with Gasteiger partial charge in [0, 0.05) is 20.1 Å². The van der Waals surface area contributed by atoms with Gasteiger partial charge in [0.05, 0.1) is 17.3 Å². The molecule has 3 aromatic rings. The van der Waals surface area contributed by atoms with E-state index in [1.807, 2.05) is 60.7 Å². The lowest BCUT2D eigenvalue weighted by Gasteiger charge is -2.26. The van der Waals surface area contributed by atoms with Gasteiger partial charge in [0.1, 0.15) is 5.02 Å². The van der Waals surface area contributed by atoms with E-state index in [0.717, 1.165) is 11.1 Å². The molecule has 0 aliphatic heterocycles. The Morgan fingerprint density at radius 3 is 2.37 bits per heavy atom. The lowest BCUT2D eigenvalue weighted by molar-refractivity contribution is 0.682. The van der Waals surface area contributed by atoms with Crippen molar-refractivity contribution in [1.29, 1.82) is 0 Å². The van der Waals surface area contributed by atoms with Crippen LogP contribution in [-0.4, -0.2) is 16.3 Å². The first kappa shape index (κ1) is 19.5. The molecule has 0 spiro atoms. The summed E-state index contributed by atoms with van der Waals surface area (Å²) in [5.41, 5.74) is 2.52. The molecule has 1 aromatic heterocycles. The molecule has 4 nitrogen and oxygen atoms in total. The molecule has 6 heteroatoms. The molecule has 2 aromatic carbocycles. The topological polar surface area (TPSA) is 38.1 Å². The third kappa shape index (κ3) is 4.90. The Morgan fingerprint density at radius 1 is 1.07 bits per heavy atom. The highest BCUT2D eigenvalue weighted by Gasteiger charge is 2.17. The molecule has 27 heavy (non-hydrogen) atoms. The fraction of sp³-hybridized carbons (Fsp3) is 0.238. The Balaban J connectivity index is 1.84. The van der Waals surface area contributed by atoms with Gasteiger partial charge in [0.15, 0.2) is 0 Å². The molecule has 0 amide bonds. The molecule has 1 heterocycles. The van der Waals surface area contributed by atoms with E-state index >= 15 is 0 Å². The number of hydrogen-bond donors (Lipinski definition) is 0. The van der Waals surface area contributed by atoms with E-state index < -0.39 is 0 Å². The van der Waals surface area contributed by atoms with Gasteiger partial charge in [-0.25, -0.2) is 4.68 Å². The van der Waals surface area contributed by atoms with E-state index in [-0.39, 0.29) is 16.0 Å². The minimum atomic E-state index is -0.308. The highest BCUT2D eigenvalue weighted by molar-refractivity contribution is 6.33. The number of aryl methyl sites for hydroxylation is 1. The molecule has 140 valence electrons. The average molecular weight is 402 g/mol.